The summed E-state index contributed by atoms with van der Waals surface area (Å²) in [5.41, 5.74) is 3.04. The molecule has 2 amide bonds. The maximum Gasteiger partial charge on any atom is 0.321 e. The Hall–Kier alpha value is -2.73. The lowest BCUT2D eigenvalue weighted by Gasteiger charge is -2.22. The van der Waals surface area contributed by atoms with Crippen molar-refractivity contribution in [3.63, 3.8) is 0 Å². The van der Waals surface area contributed by atoms with Gasteiger partial charge in [0.15, 0.2) is 5.96 Å². The van der Waals surface area contributed by atoms with Crippen LogP contribution in [0.1, 0.15) is 24.0 Å². The zero-order valence-corrected chi connectivity index (χ0v) is 17.7. The minimum absolute atomic E-state index is 0.0221. The topological polar surface area (TPSA) is 60.0 Å². The fraction of sp³-hybridized carbons (Fsp3) is 0.364. The van der Waals surface area contributed by atoms with Gasteiger partial charge in [-0.3, -0.25) is 4.99 Å². The van der Waals surface area contributed by atoms with Gasteiger partial charge in [-0.1, -0.05) is 35.9 Å². The summed E-state index contributed by atoms with van der Waals surface area (Å²) in [5, 5.41) is 7.11. The molecule has 1 aliphatic heterocycles. The van der Waals surface area contributed by atoms with E-state index in [1.54, 1.807) is 7.05 Å². The van der Waals surface area contributed by atoms with E-state index in [4.69, 9.17) is 11.6 Å². The average molecular weight is 414 g/mol. The molecule has 2 aromatic rings. The summed E-state index contributed by atoms with van der Waals surface area (Å²) in [4.78, 5) is 20.6. The number of amides is 2. The molecule has 3 rings (SSSR count). The van der Waals surface area contributed by atoms with Crippen molar-refractivity contribution < 1.29 is 4.79 Å². The average Bonchev–Trinajstić information content (AvgIpc) is 3.26. The highest BCUT2D eigenvalue weighted by atomic mass is 35.5. The number of hydrogen-bond donors (Lipinski definition) is 2. The number of aliphatic imine (C=N–C) groups is 1. The molecule has 0 unspecified atom stereocenters. The van der Waals surface area contributed by atoms with Crippen molar-refractivity contribution in [1.82, 2.24) is 15.1 Å². The summed E-state index contributed by atoms with van der Waals surface area (Å²) in [5.74, 6) is 0.798. The Morgan fingerprint density at radius 3 is 2.55 bits per heavy atom. The van der Waals surface area contributed by atoms with Gasteiger partial charge in [0.25, 0.3) is 0 Å². The third kappa shape index (κ3) is 6.12. The van der Waals surface area contributed by atoms with E-state index in [0.717, 1.165) is 60.3 Å². The van der Waals surface area contributed by atoms with Crippen molar-refractivity contribution in [2.45, 2.75) is 25.9 Å². The van der Waals surface area contributed by atoms with Crippen LogP contribution in [0.15, 0.2) is 53.5 Å². The van der Waals surface area contributed by atoms with E-state index < -0.39 is 0 Å². The maximum absolute atomic E-state index is 12.3. The molecule has 2 N–H and O–H groups in total. The van der Waals surface area contributed by atoms with Crippen molar-refractivity contribution >= 4 is 29.3 Å². The highest BCUT2D eigenvalue weighted by Gasteiger charge is 2.17. The van der Waals surface area contributed by atoms with E-state index in [9.17, 15) is 4.79 Å². The van der Waals surface area contributed by atoms with Gasteiger partial charge in [0, 0.05) is 51.0 Å². The Labute approximate surface area is 177 Å². The van der Waals surface area contributed by atoms with Crippen molar-refractivity contribution in [3.05, 3.63) is 64.7 Å². The second kappa shape index (κ2) is 10.2. The quantitative estimate of drug-likeness (QED) is 0.571. The normalized spacial score (nSPS) is 14.0. The van der Waals surface area contributed by atoms with Crippen LogP contribution in [0.3, 0.4) is 0 Å². The van der Waals surface area contributed by atoms with Gasteiger partial charge in [-0.15, -0.1) is 0 Å². The number of nitrogens with zero attached hydrogens (tertiary/aromatic N) is 3. The van der Waals surface area contributed by atoms with Gasteiger partial charge in [-0.25, -0.2) is 4.79 Å². The standard InChI is InChI=1S/C22H28ClN5O/c1-24-21(27(2)16-17-8-10-19(23)11-9-17)25-15-18-6-5-7-20(14-18)26-22(29)28-12-3-4-13-28/h5-11,14H,3-4,12-13,15-16H2,1-2H3,(H,24,25)(H,26,29). The molecule has 1 saturated heterocycles. The first-order chi connectivity index (χ1) is 14.0. The second-order valence-electron chi connectivity index (χ2n) is 7.21. The number of carbonyl (C=O) groups is 1. The molecule has 0 radical (unpaired) electrons. The lowest BCUT2D eigenvalue weighted by molar-refractivity contribution is 0.222. The van der Waals surface area contributed by atoms with Gasteiger partial charge < -0.3 is 20.4 Å². The molecule has 0 spiro atoms. The van der Waals surface area contributed by atoms with Crippen LogP contribution in [0.4, 0.5) is 10.5 Å². The Balaban J connectivity index is 1.54. The van der Waals surface area contributed by atoms with E-state index in [0.29, 0.717) is 6.54 Å². The fourth-order valence-electron chi connectivity index (χ4n) is 3.39. The zero-order valence-electron chi connectivity index (χ0n) is 17.0. The lowest BCUT2D eigenvalue weighted by atomic mass is 10.2. The Morgan fingerprint density at radius 2 is 1.86 bits per heavy atom. The van der Waals surface area contributed by atoms with Crippen LogP contribution < -0.4 is 10.6 Å². The van der Waals surface area contributed by atoms with Crippen molar-refractivity contribution in [3.8, 4) is 0 Å². The number of benzene rings is 2. The molecule has 29 heavy (non-hydrogen) atoms. The molecule has 1 fully saturated rings. The number of anilines is 1. The molecule has 1 heterocycles. The maximum atomic E-state index is 12.3. The molecule has 0 aromatic heterocycles. The van der Waals surface area contributed by atoms with E-state index in [1.807, 2.05) is 60.5 Å². The number of rotatable bonds is 5. The molecule has 1 aliphatic rings. The summed E-state index contributed by atoms with van der Waals surface area (Å²) < 4.78 is 0. The fourth-order valence-corrected chi connectivity index (χ4v) is 3.51. The van der Waals surface area contributed by atoms with Crippen molar-refractivity contribution in [1.29, 1.82) is 0 Å². The van der Waals surface area contributed by atoms with Crippen LogP contribution in [-0.2, 0) is 13.1 Å². The van der Waals surface area contributed by atoms with Crippen LogP contribution in [0.25, 0.3) is 0 Å². The first-order valence-corrected chi connectivity index (χ1v) is 10.2. The molecule has 2 aromatic carbocycles. The number of guanidine groups is 1. The van der Waals surface area contributed by atoms with E-state index >= 15 is 0 Å². The highest BCUT2D eigenvalue weighted by molar-refractivity contribution is 6.30. The third-order valence-electron chi connectivity index (χ3n) is 4.93. The smallest absolute Gasteiger partial charge is 0.321 e. The van der Waals surface area contributed by atoms with Gasteiger partial charge in [0.05, 0.1) is 0 Å². The monoisotopic (exact) mass is 413 g/mol. The molecule has 0 bridgehead atoms. The van der Waals surface area contributed by atoms with E-state index in [-0.39, 0.29) is 6.03 Å². The molecular formula is C22H28ClN5O. The molecule has 0 atom stereocenters. The minimum Gasteiger partial charge on any atom is -0.352 e. The van der Waals surface area contributed by atoms with Gasteiger partial charge in [0.2, 0.25) is 0 Å². The minimum atomic E-state index is -0.0221. The lowest BCUT2D eigenvalue weighted by Crippen LogP contribution is -2.38. The van der Waals surface area contributed by atoms with Crippen molar-refractivity contribution in [2.75, 3.05) is 32.5 Å². The first kappa shape index (κ1) is 21.0. The van der Waals surface area contributed by atoms with E-state index in [1.165, 1.54) is 0 Å². The van der Waals surface area contributed by atoms with Crippen LogP contribution in [0, 0.1) is 0 Å². The predicted octanol–water partition coefficient (Wildman–Crippen LogP) is 4.18. The number of halogens is 1. The van der Waals surface area contributed by atoms with Crippen LogP contribution >= 0.6 is 11.6 Å². The number of nitrogens with one attached hydrogen (secondary N) is 2. The van der Waals surface area contributed by atoms with Crippen molar-refractivity contribution in [2.24, 2.45) is 4.99 Å². The number of carbonyl (C=O) groups excluding carboxylic acids is 1. The summed E-state index contributed by atoms with van der Waals surface area (Å²) in [6.07, 6.45) is 2.17. The van der Waals surface area contributed by atoms with Crippen LogP contribution in [0.5, 0.6) is 0 Å². The van der Waals surface area contributed by atoms with Crippen LogP contribution in [0.2, 0.25) is 5.02 Å². The Kier molecular flexibility index (Phi) is 7.36. The second-order valence-corrected chi connectivity index (χ2v) is 7.64. The van der Waals surface area contributed by atoms with E-state index in [2.05, 4.69) is 20.5 Å². The highest BCUT2D eigenvalue weighted by Crippen LogP contribution is 2.15. The molecule has 0 saturated carbocycles. The molecule has 0 aliphatic carbocycles. The van der Waals surface area contributed by atoms with Gasteiger partial charge >= 0.3 is 6.03 Å². The van der Waals surface area contributed by atoms with Gasteiger partial charge in [-0.2, -0.15) is 0 Å². The number of urea groups is 1. The Morgan fingerprint density at radius 1 is 1.14 bits per heavy atom. The largest absolute Gasteiger partial charge is 0.352 e. The van der Waals surface area contributed by atoms with Crippen LogP contribution in [-0.4, -0.2) is 49.0 Å². The Bertz CT molecular complexity index is 847. The number of likely N-dealkylation sites (tertiary alicyclic amines) is 1. The summed E-state index contributed by atoms with van der Waals surface area (Å²) in [6, 6.07) is 15.7. The molecular weight excluding hydrogens is 386 g/mol. The summed E-state index contributed by atoms with van der Waals surface area (Å²) >= 11 is 5.96. The van der Waals surface area contributed by atoms with Gasteiger partial charge in [-0.05, 0) is 48.2 Å². The number of hydrogen-bond acceptors (Lipinski definition) is 2. The summed E-state index contributed by atoms with van der Waals surface area (Å²) in [6.45, 7) is 3.01. The van der Waals surface area contributed by atoms with Gasteiger partial charge in [0.1, 0.15) is 0 Å². The summed E-state index contributed by atoms with van der Waals surface area (Å²) in [7, 11) is 3.77. The first-order valence-electron chi connectivity index (χ1n) is 9.86. The third-order valence-corrected chi connectivity index (χ3v) is 5.18. The molecule has 6 nitrogen and oxygen atoms in total. The molecule has 154 valence electrons. The predicted molar refractivity (Wildman–Crippen MR) is 119 cm³/mol. The SMILES string of the molecule is CN=C(NCc1cccc(NC(=O)N2CCCC2)c1)N(C)Cc1ccc(Cl)cc1. The zero-order chi connectivity index (χ0) is 20.6. The molecule has 7 heteroatoms.